The first-order valence-corrected chi connectivity index (χ1v) is 13.2. The number of unbranched alkanes of at least 4 members (excludes halogenated alkanes) is 2. The highest BCUT2D eigenvalue weighted by Crippen LogP contribution is 2.15. The Morgan fingerprint density at radius 3 is 1.82 bits per heavy atom. The Morgan fingerprint density at radius 2 is 1.31 bits per heavy atom. The summed E-state index contributed by atoms with van der Waals surface area (Å²) in [6.07, 6.45) is 4.89. The van der Waals surface area contributed by atoms with E-state index >= 15 is 0 Å². The molecule has 7 nitrogen and oxygen atoms in total. The van der Waals surface area contributed by atoms with Crippen LogP contribution in [0.5, 0.6) is 0 Å². The standard InChI is InChI=1S/C32H36N2O5/c1-2-3-10-19-34-30(35)29(33)21-25-17-15-24(16-18-25)20-28(31(36)38-22-26-11-6-4-7-12-26)32(37)39-23-27-13-8-5-9-14-27/h4-9,11-18,20,29H,2-3,10,19,21-23,33H2,1H3,(H,34,35)/t29-/m0/s1. The maximum Gasteiger partial charge on any atom is 0.345 e. The molecular formula is C32H36N2O5. The number of hydrogen-bond acceptors (Lipinski definition) is 6. The summed E-state index contributed by atoms with van der Waals surface area (Å²) in [7, 11) is 0. The van der Waals surface area contributed by atoms with Crippen LogP contribution >= 0.6 is 0 Å². The van der Waals surface area contributed by atoms with Gasteiger partial charge in [-0.1, -0.05) is 105 Å². The van der Waals surface area contributed by atoms with Gasteiger partial charge in [0.15, 0.2) is 0 Å². The zero-order valence-electron chi connectivity index (χ0n) is 22.3. The van der Waals surface area contributed by atoms with Gasteiger partial charge in [0.25, 0.3) is 0 Å². The third-order valence-corrected chi connectivity index (χ3v) is 6.03. The average molecular weight is 529 g/mol. The SMILES string of the molecule is CCCCCNC(=O)[C@@H](N)Cc1ccc(C=C(C(=O)OCc2ccccc2)C(=O)OCc2ccccc2)cc1. The largest absolute Gasteiger partial charge is 0.457 e. The second-order valence-electron chi connectivity index (χ2n) is 9.23. The second-order valence-corrected chi connectivity index (χ2v) is 9.23. The molecule has 0 heterocycles. The second kappa shape index (κ2) is 15.9. The van der Waals surface area contributed by atoms with Crippen LogP contribution in [0.2, 0.25) is 0 Å². The molecule has 3 aromatic carbocycles. The van der Waals surface area contributed by atoms with Crippen molar-refractivity contribution < 1.29 is 23.9 Å². The minimum atomic E-state index is -0.775. The lowest BCUT2D eigenvalue weighted by Gasteiger charge is -2.13. The number of rotatable bonds is 14. The first-order chi connectivity index (χ1) is 19.0. The van der Waals surface area contributed by atoms with Crippen LogP contribution in [0.1, 0.15) is 48.4 Å². The molecule has 0 bridgehead atoms. The van der Waals surface area contributed by atoms with Gasteiger partial charge in [-0.15, -0.1) is 0 Å². The number of carbonyl (C=O) groups excluding carboxylic acids is 3. The molecule has 0 unspecified atom stereocenters. The minimum absolute atomic E-state index is 0.0281. The minimum Gasteiger partial charge on any atom is -0.457 e. The van der Waals surface area contributed by atoms with Crippen molar-refractivity contribution in [1.29, 1.82) is 0 Å². The number of ether oxygens (including phenoxy) is 2. The van der Waals surface area contributed by atoms with Gasteiger partial charge in [0.1, 0.15) is 18.8 Å². The van der Waals surface area contributed by atoms with Gasteiger partial charge in [-0.05, 0) is 41.2 Å². The van der Waals surface area contributed by atoms with E-state index in [-0.39, 0.29) is 24.7 Å². The summed E-state index contributed by atoms with van der Waals surface area (Å²) in [5, 5.41) is 2.87. The summed E-state index contributed by atoms with van der Waals surface area (Å²) in [4.78, 5) is 38.1. The van der Waals surface area contributed by atoms with E-state index in [1.54, 1.807) is 12.1 Å². The Morgan fingerprint density at radius 1 is 0.769 bits per heavy atom. The van der Waals surface area contributed by atoms with Gasteiger partial charge in [0.2, 0.25) is 5.91 Å². The van der Waals surface area contributed by atoms with Gasteiger partial charge in [0, 0.05) is 6.54 Å². The normalized spacial score (nSPS) is 11.2. The Hall–Kier alpha value is -4.23. The molecule has 0 aliphatic rings. The summed E-state index contributed by atoms with van der Waals surface area (Å²) < 4.78 is 10.8. The van der Waals surface area contributed by atoms with Crippen LogP contribution in [0, 0.1) is 0 Å². The van der Waals surface area contributed by atoms with Gasteiger partial charge in [-0.2, -0.15) is 0 Å². The van der Waals surface area contributed by atoms with Crippen molar-refractivity contribution in [3.8, 4) is 0 Å². The Balaban J connectivity index is 1.68. The van der Waals surface area contributed by atoms with Crippen LogP contribution in [-0.4, -0.2) is 30.4 Å². The van der Waals surface area contributed by atoms with E-state index in [1.165, 1.54) is 6.08 Å². The first kappa shape index (κ1) is 29.3. The topological polar surface area (TPSA) is 108 Å². The fraction of sp³-hybridized carbons (Fsp3) is 0.281. The quantitative estimate of drug-likeness (QED) is 0.103. The number of benzene rings is 3. The van der Waals surface area contributed by atoms with Crippen molar-refractivity contribution in [2.45, 2.75) is 51.9 Å². The lowest BCUT2D eigenvalue weighted by Crippen LogP contribution is -2.42. The molecule has 1 atom stereocenters. The van der Waals surface area contributed by atoms with Gasteiger partial charge in [0.05, 0.1) is 6.04 Å². The fourth-order valence-electron chi connectivity index (χ4n) is 3.78. The van der Waals surface area contributed by atoms with Gasteiger partial charge >= 0.3 is 11.9 Å². The van der Waals surface area contributed by atoms with E-state index in [0.29, 0.717) is 18.5 Å². The van der Waals surface area contributed by atoms with Gasteiger partial charge in [-0.25, -0.2) is 9.59 Å². The third kappa shape index (κ3) is 10.2. The zero-order valence-corrected chi connectivity index (χ0v) is 22.3. The predicted molar refractivity (Wildman–Crippen MR) is 151 cm³/mol. The number of nitrogens with two attached hydrogens (primary N) is 1. The predicted octanol–water partition coefficient (Wildman–Crippen LogP) is 4.73. The van der Waals surface area contributed by atoms with E-state index in [1.807, 2.05) is 72.8 Å². The fourth-order valence-corrected chi connectivity index (χ4v) is 3.78. The van der Waals surface area contributed by atoms with Crippen LogP contribution in [0.15, 0.2) is 90.5 Å². The lowest BCUT2D eigenvalue weighted by molar-refractivity contribution is -0.148. The highest BCUT2D eigenvalue weighted by molar-refractivity contribution is 6.17. The molecular weight excluding hydrogens is 492 g/mol. The number of hydrogen-bond donors (Lipinski definition) is 2. The van der Waals surface area contributed by atoms with Crippen LogP contribution < -0.4 is 11.1 Å². The molecule has 0 aliphatic carbocycles. The molecule has 3 rings (SSSR count). The third-order valence-electron chi connectivity index (χ3n) is 6.03. The molecule has 204 valence electrons. The monoisotopic (exact) mass is 528 g/mol. The number of carbonyl (C=O) groups is 3. The van der Waals surface area contributed by atoms with Crippen molar-refractivity contribution in [3.05, 3.63) is 113 Å². The van der Waals surface area contributed by atoms with E-state index < -0.39 is 18.0 Å². The van der Waals surface area contributed by atoms with Crippen LogP contribution in [-0.2, 0) is 43.5 Å². The molecule has 1 amide bonds. The van der Waals surface area contributed by atoms with E-state index in [0.717, 1.165) is 36.0 Å². The van der Waals surface area contributed by atoms with E-state index in [2.05, 4.69) is 12.2 Å². The molecule has 7 heteroatoms. The maximum atomic E-state index is 12.9. The van der Waals surface area contributed by atoms with Crippen LogP contribution in [0.25, 0.3) is 6.08 Å². The van der Waals surface area contributed by atoms with Crippen LogP contribution in [0.3, 0.4) is 0 Å². The smallest absolute Gasteiger partial charge is 0.345 e. The average Bonchev–Trinajstić information content (AvgIpc) is 2.97. The van der Waals surface area contributed by atoms with Crippen LogP contribution in [0.4, 0.5) is 0 Å². The summed E-state index contributed by atoms with van der Waals surface area (Å²) in [6.45, 7) is 2.78. The van der Waals surface area contributed by atoms with E-state index in [9.17, 15) is 14.4 Å². The number of esters is 2. The molecule has 0 saturated carbocycles. The van der Waals surface area contributed by atoms with Crippen molar-refractivity contribution in [2.24, 2.45) is 5.73 Å². The highest BCUT2D eigenvalue weighted by Gasteiger charge is 2.22. The highest BCUT2D eigenvalue weighted by atomic mass is 16.6. The van der Waals surface area contributed by atoms with Crippen molar-refractivity contribution >= 4 is 23.9 Å². The van der Waals surface area contributed by atoms with Gasteiger partial charge < -0.3 is 20.5 Å². The zero-order chi connectivity index (χ0) is 27.9. The molecule has 0 spiro atoms. The Bertz CT molecular complexity index is 1170. The molecule has 0 saturated heterocycles. The molecule has 3 aromatic rings. The maximum absolute atomic E-state index is 12.9. The van der Waals surface area contributed by atoms with Gasteiger partial charge in [-0.3, -0.25) is 4.79 Å². The number of amides is 1. The lowest BCUT2D eigenvalue weighted by atomic mass is 10.0. The Kier molecular flexibility index (Phi) is 12.0. The summed E-state index contributed by atoms with van der Waals surface area (Å²) in [6, 6.07) is 24.9. The van der Waals surface area contributed by atoms with Crippen molar-refractivity contribution in [2.75, 3.05) is 6.54 Å². The molecule has 0 aliphatic heterocycles. The van der Waals surface area contributed by atoms with Crippen molar-refractivity contribution in [1.82, 2.24) is 5.32 Å². The summed E-state index contributed by atoms with van der Waals surface area (Å²) in [5.41, 5.74) is 8.95. The number of nitrogens with one attached hydrogen (secondary N) is 1. The summed E-state index contributed by atoms with van der Waals surface area (Å²) >= 11 is 0. The molecule has 0 aromatic heterocycles. The molecule has 0 radical (unpaired) electrons. The molecule has 3 N–H and O–H groups in total. The molecule has 0 fully saturated rings. The van der Waals surface area contributed by atoms with Crippen molar-refractivity contribution in [3.63, 3.8) is 0 Å². The Labute approximate surface area is 230 Å². The summed E-state index contributed by atoms with van der Waals surface area (Å²) in [5.74, 6) is -1.73. The molecule has 39 heavy (non-hydrogen) atoms. The first-order valence-electron chi connectivity index (χ1n) is 13.2. The van der Waals surface area contributed by atoms with E-state index in [4.69, 9.17) is 15.2 Å².